The maximum absolute atomic E-state index is 13.4. The lowest BCUT2D eigenvalue weighted by atomic mass is 9.96. The van der Waals surface area contributed by atoms with Gasteiger partial charge in [0.1, 0.15) is 11.1 Å². The highest BCUT2D eigenvalue weighted by Crippen LogP contribution is 2.19. The van der Waals surface area contributed by atoms with Crippen LogP contribution in [0.1, 0.15) is 104 Å². The summed E-state index contributed by atoms with van der Waals surface area (Å²) >= 11 is 0. The molecule has 0 bridgehead atoms. The Kier molecular flexibility index (Phi) is 8.59. The monoisotopic (exact) mass is 457 g/mol. The lowest BCUT2D eigenvalue weighted by Crippen LogP contribution is -2.41. The Labute approximate surface area is 196 Å². The number of pyridine rings is 1. The molecule has 0 radical (unpaired) electrons. The number of ether oxygens (including phenoxy) is 1. The van der Waals surface area contributed by atoms with Crippen molar-refractivity contribution in [1.82, 2.24) is 14.8 Å². The fraction of sp³-hybridized carbons (Fsp3) is 0.731. The smallest absolute Gasteiger partial charge is 0.259 e. The van der Waals surface area contributed by atoms with Crippen LogP contribution in [0.4, 0.5) is 0 Å². The van der Waals surface area contributed by atoms with E-state index in [0.717, 1.165) is 70.8 Å². The van der Waals surface area contributed by atoms with Crippen LogP contribution in [0.25, 0.3) is 0 Å². The van der Waals surface area contributed by atoms with Crippen LogP contribution in [-0.4, -0.2) is 53.1 Å². The summed E-state index contributed by atoms with van der Waals surface area (Å²) in [5.41, 5.74) is -0.257. The van der Waals surface area contributed by atoms with Crippen molar-refractivity contribution in [2.75, 3.05) is 19.7 Å². The zero-order valence-corrected chi connectivity index (χ0v) is 19.9. The predicted molar refractivity (Wildman–Crippen MR) is 128 cm³/mol. The molecule has 0 spiro atoms. The Bertz CT molecular complexity index is 859. The second-order valence-corrected chi connectivity index (χ2v) is 9.97. The molecule has 1 atom stereocenters. The van der Waals surface area contributed by atoms with Crippen molar-refractivity contribution in [3.05, 3.63) is 33.7 Å². The van der Waals surface area contributed by atoms with Gasteiger partial charge in [-0.15, -0.1) is 0 Å². The molecule has 1 N–H and O–H groups in total. The molecule has 3 fully saturated rings. The van der Waals surface area contributed by atoms with E-state index in [4.69, 9.17) is 4.74 Å². The van der Waals surface area contributed by atoms with Crippen molar-refractivity contribution in [3.8, 4) is 0 Å². The van der Waals surface area contributed by atoms with E-state index in [-0.39, 0.29) is 35.1 Å². The number of hydrogen-bond donors (Lipinski definition) is 1. The van der Waals surface area contributed by atoms with Crippen LogP contribution in [0, 0.1) is 0 Å². The summed E-state index contributed by atoms with van der Waals surface area (Å²) < 4.78 is 7.60. The van der Waals surface area contributed by atoms with Gasteiger partial charge in [0, 0.05) is 44.7 Å². The van der Waals surface area contributed by atoms with Gasteiger partial charge in [-0.05, 0) is 38.5 Å². The third-order valence-electron chi connectivity index (χ3n) is 7.33. The first-order chi connectivity index (χ1) is 16.1. The molecule has 33 heavy (non-hydrogen) atoms. The molecule has 0 aromatic carbocycles. The maximum Gasteiger partial charge on any atom is 0.259 e. The van der Waals surface area contributed by atoms with Gasteiger partial charge in [-0.3, -0.25) is 14.4 Å². The summed E-state index contributed by atoms with van der Waals surface area (Å²) in [6.45, 7) is 2.62. The van der Waals surface area contributed by atoms with Gasteiger partial charge in [-0.1, -0.05) is 44.9 Å². The average Bonchev–Trinajstić information content (AvgIpc) is 3.14. The Hall–Kier alpha value is -2.15. The van der Waals surface area contributed by atoms with E-state index in [0.29, 0.717) is 19.6 Å². The van der Waals surface area contributed by atoms with E-state index < -0.39 is 5.43 Å². The van der Waals surface area contributed by atoms with E-state index >= 15 is 0 Å². The first-order valence-electron chi connectivity index (χ1n) is 13.1. The molecule has 4 rings (SSSR count). The first kappa shape index (κ1) is 24.0. The summed E-state index contributed by atoms with van der Waals surface area (Å²) in [6, 6.07) is 0.0915. The van der Waals surface area contributed by atoms with Crippen molar-refractivity contribution in [1.29, 1.82) is 0 Å². The third-order valence-corrected chi connectivity index (χ3v) is 7.33. The summed E-state index contributed by atoms with van der Waals surface area (Å²) in [7, 11) is 0. The number of nitrogens with zero attached hydrogens (tertiary/aromatic N) is 2. The highest BCUT2D eigenvalue weighted by atomic mass is 16.5. The number of hydrogen-bond acceptors (Lipinski definition) is 4. The van der Waals surface area contributed by atoms with Crippen LogP contribution in [0.2, 0.25) is 0 Å². The number of carbonyl (C=O) groups is 2. The summed E-state index contributed by atoms with van der Waals surface area (Å²) in [6.07, 6.45) is 17.2. The lowest BCUT2D eigenvalue weighted by molar-refractivity contribution is 0.0756. The molecule has 1 aromatic heterocycles. The summed E-state index contributed by atoms with van der Waals surface area (Å²) in [4.78, 5) is 41.8. The largest absolute Gasteiger partial charge is 0.376 e. The SMILES string of the molecule is O=C(NC1CCCCCCC1)c1cn(CC2CCCO2)cc(C(=O)N2CCCCCC2)c1=O. The van der Waals surface area contributed by atoms with Crippen LogP contribution in [0.5, 0.6) is 0 Å². The Balaban J connectivity index is 1.59. The molecular formula is C26H39N3O4. The number of nitrogens with one attached hydrogen (secondary N) is 1. The number of likely N-dealkylation sites (tertiary alicyclic amines) is 1. The second-order valence-electron chi connectivity index (χ2n) is 9.97. The quantitative estimate of drug-likeness (QED) is 0.728. The van der Waals surface area contributed by atoms with Crippen molar-refractivity contribution < 1.29 is 14.3 Å². The minimum absolute atomic E-state index is 0.0511. The Morgan fingerprint density at radius 1 is 0.848 bits per heavy atom. The van der Waals surface area contributed by atoms with Crippen molar-refractivity contribution in [2.45, 2.75) is 102 Å². The summed E-state index contributed by atoms with van der Waals surface area (Å²) in [5.74, 6) is -0.597. The lowest BCUT2D eigenvalue weighted by Gasteiger charge is -2.23. The van der Waals surface area contributed by atoms with Crippen LogP contribution in [-0.2, 0) is 11.3 Å². The van der Waals surface area contributed by atoms with Crippen molar-refractivity contribution in [2.24, 2.45) is 0 Å². The third kappa shape index (κ3) is 6.46. The van der Waals surface area contributed by atoms with E-state index in [1.54, 1.807) is 17.3 Å². The van der Waals surface area contributed by atoms with Gasteiger partial charge in [0.2, 0.25) is 5.43 Å². The van der Waals surface area contributed by atoms with Gasteiger partial charge in [-0.2, -0.15) is 0 Å². The number of aromatic nitrogens is 1. The van der Waals surface area contributed by atoms with Crippen LogP contribution in [0.3, 0.4) is 0 Å². The minimum Gasteiger partial charge on any atom is -0.376 e. The summed E-state index contributed by atoms with van der Waals surface area (Å²) in [5, 5.41) is 3.11. The maximum atomic E-state index is 13.4. The number of rotatable bonds is 5. The Morgan fingerprint density at radius 3 is 2.15 bits per heavy atom. The molecule has 2 amide bonds. The predicted octanol–water partition coefficient (Wildman–Crippen LogP) is 3.89. The molecule has 3 heterocycles. The molecule has 2 aliphatic heterocycles. The number of amides is 2. The van der Waals surface area contributed by atoms with Crippen LogP contribution >= 0.6 is 0 Å². The minimum atomic E-state index is -0.448. The second kappa shape index (κ2) is 11.8. The van der Waals surface area contributed by atoms with Crippen molar-refractivity contribution in [3.63, 3.8) is 0 Å². The van der Waals surface area contributed by atoms with Crippen LogP contribution in [0.15, 0.2) is 17.2 Å². The zero-order valence-electron chi connectivity index (χ0n) is 19.9. The van der Waals surface area contributed by atoms with E-state index in [9.17, 15) is 14.4 Å². The van der Waals surface area contributed by atoms with Gasteiger partial charge in [0.15, 0.2) is 0 Å². The number of carbonyl (C=O) groups excluding carboxylic acids is 2. The highest BCUT2D eigenvalue weighted by molar-refractivity contribution is 5.99. The topological polar surface area (TPSA) is 80.6 Å². The molecule has 1 saturated carbocycles. The highest BCUT2D eigenvalue weighted by Gasteiger charge is 2.26. The molecule has 1 unspecified atom stereocenters. The zero-order chi connectivity index (χ0) is 23.0. The average molecular weight is 458 g/mol. The van der Waals surface area contributed by atoms with Gasteiger partial charge in [0.05, 0.1) is 6.10 Å². The molecule has 7 nitrogen and oxygen atoms in total. The van der Waals surface area contributed by atoms with E-state index in [2.05, 4.69) is 5.32 Å². The van der Waals surface area contributed by atoms with E-state index in [1.807, 2.05) is 4.57 Å². The van der Waals surface area contributed by atoms with Gasteiger partial charge >= 0.3 is 0 Å². The molecular weight excluding hydrogens is 418 g/mol. The van der Waals surface area contributed by atoms with Gasteiger partial charge in [0.25, 0.3) is 11.8 Å². The fourth-order valence-corrected chi connectivity index (χ4v) is 5.38. The molecule has 7 heteroatoms. The standard InChI is InChI=1S/C26H39N3O4/c30-24-22(25(31)27-20-11-6-2-1-3-7-12-20)18-28(17-21-13-10-16-33-21)19-23(24)26(32)29-14-8-4-5-9-15-29/h18-21H,1-17H2,(H,27,31). The molecule has 1 aliphatic carbocycles. The normalized spacial score (nSPS) is 22.9. The van der Waals surface area contributed by atoms with Crippen LogP contribution < -0.4 is 10.7 Å². The van der Waals surface area contributed by atoms with Crippen molar-refractivity contribution >= 4 is 11.8 Å². The molecule has 1 aromatic rings. The molecule has 3 aliphatic rings. The first-order valence-corrected chi connectivity index (χ1v) is 13.1. The Morgan fingerprint density at radius 2 is 1.48 bits per heavy atom. The molecule has 2 saturated heterocycles. The van der Waals surface area contributed by atoms with Gasteiger partial charge < -0.3 is 19.5 Å². The molecule has 182 valence electrons. The fourth-order valence-electron chi connectivity index (χ4n) is 5.38. The van der Waals surface area contributed by atoms with E-state index in [1.165, 1.54) is 19.3 Å². The van der Waals surface area contributed by atoms with Gasteiger partial charge in [-0.25, -0.2) is 0 Å².